The molecule has 154 valence electrons. The van der Waals surface area contributed by atoms with Crippen LogP contribution >= 0.6 is 11.6 Å². The smallest absolute Gasteiger partial charge is 0.270 e. The van der Waals surface area contributed by atoms with Crippen LogP contribution in [0.15, 0.2) is 76.7 Å². The van der Waals surface area contributed by atoms with Crippen molar-refractivity contribution < 1.29 is 17.7 Å². The fourth-order valence-electron chi connectivity index (χ4n) is 2.43. The highest BCUT2D eigenvalue weighted by molar-refractivity contribution is 7.92. The number of halogens is 2. The molecule has 0 spiro atoms. The van der Waals surface area contributed by atoms with E-state index in [1.54, 1.807) is 6.07 Å². The molecule has 0 saturated heterocycles. The van der Waals surface area contributed by atoms with E-state index in [9.17, 15) is 22.9 Å². The van der Waals surface area contributed by atoms with Gasteiger partial charge in [0.15, 0.2) is 0 Å². The predicted octanol–water partition coefficient (Wildman–Crippen LogP) is 4.63. The van der Waals surface area contributed by atoms with Gasteiger partial charge in [-0.1, -0.05) is 23.7 Å². The molecule has 8 nitrogen and oxygen atoms in total. The number of hydrazone groups is 1. The van der Waals surface area contributed by atoms with E-state index in [-0.39, 0.29) is 16.3 Å². The molecule has 0 saturated carbocycles. The number of sulfonamides is 1. The van der Waals surface area contributed by atoms with Crippen LogP contribution in [0.2, 0.25) is 5.02 Å². The van der Waals surface area contributed by atoms with Gasteiger partial charge in [0.1, 0.15) is 10.7 Å². The second kappa shape index (κ2) is 8.89. The lowest BCUT2D eigenvalue weighted by molar-refractivity contribution is -0.385. The molecule has 0 fully saturated rings. The van der Waals surface area contributed by atoms with E-state index in [0.717, 1.165) is 12.1 Å². The quantitative estimate of drug-likeness (QED) is 0.310. The Labute approximate surface area is 176 Å². The number of rotatable bonds is 7. The number of hydrogen-bond donors (Lipinski definition) is 2. The van der Waals surface area contributed by atoms with Crippen LogP contribution in [-0.4, -0.2) is 19.6 Å². The van der Waals surface area contributed by atoms with Gasteiger partial charge in [0, 0.05) is 22.8 Å². The van der Waals surface area contributed by atoms with Crippen molar-refractivity contribution in [3.63, 3.8) is 0 Å². The SMILES string of the molecule is O=[N+]([O-])c1ccc(NN=Cc2cccc(F)c2)c(S(=O)(=O)Nc2ccc(Cl)cc2)c1. The van der Waals surface area contributed by atoms with E-state index in [1.165, 1.54) is 54.7 Å². The topological polar surface area (TPSA) is 114 Å². The van der Waals surface area contributed by atoms with Gasteiger partial charge in [0.25, 0.3) is 15.7 Å². The van der Waals surface area contributed by atoms with Gasteiger partial charge in [-0.05, 0) is 48.0 Å². The highest BCUT2D eigenvalue weighted by atomic mass is 35.5. The highest BCUT2D eigenvalue weighted by Crippen LogP contribution is 2.28. The zero-order valence-electron chi connectivity index (χ0n) is 15.1. The minimum Gasteiger partial charge on any atom is -0.280 e. The van der Waals surface area contributed by atoms with Crippen molar-refractivity contribution >= 4 is 44.9 Å². The highest BCUT2D eigenvalue weighted by Gasteiger charge is 2.22. The lowest BCUT2D eigenvalue weighted by atomic mass is 10.2. The first-order valence-electron chi connectivity index (χ1n) is 8.36. The molecule has 0 aliphatic rings. The van der Waals surface area contributed by atoms with E-state index < -0.39 is 26.5 Å². The van der Waals surface area contributed by atoms with Crippen LogP contribution < -0.4 is 10.1 Å². The maximum atomic E-state index is 13.2. The number of nitro benzene ring substituents is 1. The van der Waals surface area contributed by atoms with Gasteiger partial charge in [-0.25, -0.2) is 12.8 Å². The Bertz CT molecular complexity index is 1220. The third-order valence-corrected chi connectivity index (χ3v) is 5.48. The molecule has 30 heavy (non-hydrogen) atoms. The minimum atomic E-state index is -4.21. The van der Waals surface area contributed by atoms with Crippen molar-refractivity contribution in [3.8, 4) is 0 Å². The molecule has 0 aliphatic carbocycles. The van der Waals surface area contributed by atoms with E-state index in [0.29, 0.717) is 10.6 Å². The molecule has 0 radical (unpaired) electrons. The Balaban J connectivity index is 1.93. The van der Waals surface area contributed by atoms with Crippen LogP contribution in [0.1, 0.15) is 5.56 Å². The molecule has 11 heteroatoms. The largest absolute Gasteiger partial charge is 0.280 e. The molecule has 2 N–H and O–H groups in total. The Morgan fingerprint density at radius 1 is 1.07 bits per heavy atom. The van der Waals surface area contributed by atoms with E-state index >= 15 is 0 Å². The molecule has 0 unspecified atom stereocenters. The van der Waals surface area contributed by atoms with Gasteiger partial charge < -0.3 is 0 Å². The molecular formula is C19H14ClFN4O4S. The van der Waals surface area contributed by atoms with Crippen LogP contribution in [0.3, 0.4) is 0 Å². The van der Waals surface area contributed by atoms with Crippen molar-refractivity contribution in [2.24, 2.45) is 5.10 Å². The molecule has 0 amide bonds. The zero-order valence-corrected chi connectivity index (χ0v) is 16.7. The number of benzene rings is 3. The number of nitro groups is 1. The predicted molar refractivity (Wildman–Crippen MR) is 113 cm³/mol. The molecule has 3 rings (SSSR count). The maximum absolute atomic E-state index is 13.2. The normalized spacial score (nSPS) is 11.4. The van der Waals surface area contributed by atoms with Crippen LogP contribution in [0, 0.1) is 15.9 Å². The average Bonchev–Trinajstić information content (AvgIpc) is 2.69. The summed E-state index contributed by atoms with van der Waals surface area (Å²) < 4.78 is 41.3. The summed E-state index contributed by atoms with van der Waals surface area (Å²) in [6.07, 6.45) is 1.29. The Morgan fingerprint density at radius 2 is 1.80 bits per heavy atom. The standard InChI is InChI=1S/C19H14ClFN4O4S/c20-14-4-6-16(7-5-14)24-30(28,29)19-11-17(25(26)27)8-9-18(19)23-22-12-13-2-1-3-15(21)10-13/h1-12,23-24H. The summed E-state index contributed by atoms with van der Waals surface area (Å²) in [6, 6.07) is 14.8. The summed E-state index contributed by atoms with van der Waals surface area (Å²) >= 11 is 5.80. The molecular weight excluding hydrogens is 435 g/mol. The molecule has 3 aromatic rings. The van der Waals surface area contributed by atoms with E-state index in [2.05, 4.69) is 15.2 Å². The lowest BCUT2D eigenvalue weighted by Crippen LogP contribution is -2.15. The van der Waals surface area contributed by atoms with Gasteiger partial charge in [0.05, 0.1) is 16.8 Å². The summed E-state index contributed by atoms with van der Waals surface area (Å²) in [7, 11) is -4.21. The summed E-state index contributed by atoms with van der Waals surface area (Å²) in [5.41, 5.74) is 2.78. The average molecular weight is 449 g/mol. The number of non-ortho nitro benzene ring substituents is 1. The van der Waals surface area contributed by atoms with Gasteiger partial charge >= 0.3 is 0 Å². The van der Waals surface area contributed by atoms with Crippen molar-refractivity contribution in [3.05, 3.63) is 93.2 Å². The van der Waals surface area contributed by atoms with Gasteiger partial charge in [0.2, 0.25) is 0 Å². The second-order valence-corrected chi connectivity index (χ2v) is 8.06. The third kappa shape index (κ3) is 5.31. The zero-order chi connectivity index (χ0) is 21.7. The second-order valence-electron chi connectivity index (χ2n) is 5.97. The van der Waals surface area contributed by atoms with Gasteiger partial charge in [-0.2, -0.15) is 5.10 Å². The number of nitrogens with one attached hydrogen (secondary N) is 2. The van der Waals surface area contributed by atoms with E-state index in [4.69, 9.17) is 11.6 Å². The molecule has 0 aliphatic heterocycles. The molecule has 0 heterocycles. The first kappa shape index (κ1) is 21.2. The molecule has 0 atom stereocenters. The number of nitrogens with zero attached hydrogens (tertiary/aromatic N) is 2. The molecule has 0 aromatic heterocycles. The molecule has 3 aromatic carbocycles. The van der Waals surface area contributed by atoms with E-state index in [1.807, 2.05) is 0 Å². The van der Waals surface area contributed by atoms with Crippen molar-refractivity contribution in [2.75, 3.05) is 10.1 Å². The summed E-state index contributed by atoms with van der Waals surface area (Å²) in [6.45, 7) is 0. The third-order valence-electron chi connectivity index (χ3n) is 3.81. The van der Waals surface area contributed by atoms with Crippen molar-refractivity contribution in [1.82, 2.24) is 0 Å². The summed E-state index contributed by atoms with van der Waals surface area (Å²) in [5.74, 6) is -0.454. The lowest BCUT2D eigenvalue weighted by Gasteiger charge is -2.12. The van der Waals surface area contributed by atoms with Crippen LogP contribution in [0.4, 0.5) is 21.5 Å². The maximum Gasteiger partial charge on any atom is 0.270 e. The van der Waals surface area contributed by atoms with Crippen LogP contribution in [0.5, 0.6) is 0 Å². The van der Waals surface area contributed by atoms with Gasteiger partial charge in [-0.15, -0.1) is 0 Å². The monoisotopic (exact) mass is 448 g/mol. The Kier molecular flexibility index (Phi) is 6.28. The Hall–Kier alpha value is -3.50. The molecule has 0 bridgehead atoms. The number of anilines is 2. The van der Waals surface area contributed by atoms with Crippen molar-refractivity contribution in [2.45, 2.75) is 4.90 Å². The first-order valence-corrected chi connectivity index (χ1v) is 10.2. The first-order chi connectivity index (χ1) is 14.2. The fraction of sp³-hybridized carbons (Fsp3) is 0. The van der Waals surface area contributed by atoms with Crippen LogP contribution in [-0.2, 0) is 10.0 Å². The fourth-order valence-corrected chi connectivity index (χ4v) is 3.79. The van der Waals surface area contributed by atoms with Gasteiger partial charge in [-0.3, -0.25) is 20.3 Å². The van der Waals surface area contributed by atoms with Crippen LogP contribution in [0.25, 0.3) is 0 Å². The number of hydrogen-bond acceptors (Lipinski definition) is 6. The summed E-state index contributed by atoms with van der Waals surface area (Å²) in [5, 5.41) is 15.4. The summed E-state index contributed by atoms with van der Waals surface area (Å²) in [4.78, 5) is 10.0. The Morgan fingerprint density at radius 3 is 2.47 bits per heavy atom. The van der Waals surface area contributed by atoms with Crippen molar-refractivity contribution in [1.29, 1.82) is 0 Å². The minimum absolute atomic E-state index is 0.00489.